The zero-order valence-electron chi connectivity index (χ0n) is 17.3. The van der Waals surface area contributed by atoms with Gasteiger partial charge in [0.2, 0.25) is 0 Å². The third-order valence-corrected chi connectivity index (χ3v) is 4.84. The first-order valence-electron chi connectivity index (χ1n) is 9.72. The maximum absolute atomic E-state index is 13.0. The normalized spacial score (nSPS) is 11.4. The fraction of sp³-hybridized carbons (Fsp3) is 0.130. The van der Waals surface area contributed by atoms with Crippen LogP contribution in [0.4, 0.5) is 36.1 Å². The number of halogens is 3. The Bertz CT molecular complexity index is 1250. The summed E-state index contributed by atoms with van der Waals surface area (Å²) in [4.78, 5) is 18.0. The summed E-state index contributed by atoms with van der Waals surface area (Å²) in [5.41, 5.74) is 2.00. The average Bonchev–Trinajstić information content (AvgIpc) is 3.21. The number of anilines is 4. The third-order valence-electron chi connectivity index (χ3n) is 4.84. The lowest BCUT2D eigenvalue weighted by molar-refractivity contribution is -0.140. The average molecular weight is 439 g/mol. The molecule has 0 bridgehead atoms. The Hall–Kier alpha value is -4.01. The van der Waals surface area contributed by atoms with Crippen LogP contribution in [0.2, 0.25) is 0 Å². The second-order valence-electron chi connectivity index (χ2n) is 7.36. The molecule has 2 heterocycles. The van der Waals surface area contributed by atoms with Crippen molar-refractivity contribution < 1.29 is 18.0 Å². The van der Waals surface area contributed by atoms with E-state index in [1.165, 1.54) is 10.5 Å². The Morgan fingerprint density at radius 3 is 2.22 bits per heavy atom. The summed E-state index contributed by atoms with van der Waals surface area (Å²) in [5, 5.41) is 5.91. The third kappa shape index (κ3) is 4.51. The van der Waals surface area contributed by atoms with Crippen LogP contribution in [0.5, 0.6) is 0 Å². The zero-order chi connectivity index (χ0) is 22.9. The number of hydrogen-bond donors (Lipinski definition) is 2. The second kappa shape index (κ2) is 8.26. The fourth-order valence-electron chi connectivity index (χ4n) is 3.15. The molecule has 1 amide bonds. The van der Waals surface area contributed by atoms with Crippen molar-refractivity contribution >= 4 is 34.4 Å². The highest BCUT2D eigenvalue weighted by molar-refractivity contribution is 6.04. The molecule has 0 aliphatic rings. The van der Waals surface area contributed by atoms with Gasteiger partial charge in [-0.15, -0.1) is 0 Å². The summed E-state index contributed by atoms with van der Waals surface area (Å²) in [5.74, 6) is 0.196. The number of hydrogen-bond acceptors (Lipinski definition) is 4. The maximum Gasteiger partial charge on any atom is 0.434 e. The predicted octanol–water partition coefficient (Wildman–Crippen LogP) is 5.42. The highest BCUT2D eigenvalue weighted by Crippen LogP contribution is 2.30. The Labute approximate surface area is 182 Å². The van der Waals surface area contributed by atoms with Crippen molar-refractivity contribution in [2.45, 2.75) is 6.18 Å². The summed E-state index contributed by atoms with van der Waals surface area (Å²) in [6, 6.07) is 18.9. The summed E-state index contributed by atoms with van der Waals surface area (Å²) >= 11 is 0. The number of carbonyl (C=O) groups excluding carboxylic acids is 1. The lowest BCUT2D eigenvalue weighted by Gasteiger charge is -2.13. The van der Waals surface area contributed by atoms with Gasteiger partial charge in [0.25, 0.3) is 5.91 Å². The minimum absolute atomic E-state index is 0.187. The number of carbonyl (C=O) groups is 1. The highest BCUT2D eigenvalue weighted by Gasteiger charge is 2.34. The van der Waals surface area contributed by atoms with Gasteiger partial charge in [0.1, 0.15) is 11.5 Å². The van der Waals surface area contributed by atoms with Crippen LogP contribution in [0.3, 0.4) is 0 Å². The molecule has 32 heavy (non-hydrogen) atoms. The maximum atomic E-state index is 13.0. The lowest BCUT2D eigenvalue weighted by Crippen LogP contribution is -2.13. The minimum Gasteiger partial charge on any atom is -0.378 e. The van der Waals surface area contributed by atoms with E-state index in [2.05, 4.69) is 15.6 Å². The molecule has 2 aromatic heterocycles. The van der Waals surface area contributed by atoms with E-state index in [4.69, 9.17) is 0 Å². The summed E-state index contributed by atoms with van der Waals surface area (Å²) in [7, 11) is 3.85. The predicted molar refractivity (Wildman–Crippen MR) is 119 cm³/mol. The smallest absolute Gasteiger partial charge is 0.378 e. The van der Waals surface area contributed by atoms with Crippen LogP contribution in [-0.4, -0.2) is 29.4 Å². The molecule has 0 aliphatic carbocycles. The fourth-order valence-corrected chi connectivity index (χ4v) is 3.15. The summed E-state index contributed by atoms with van der Waals surface area (Å²) < 4.78 is 40.3. The van der Waals surface area contributed by atoms with Crippen molar-refractivity contribution in [1.82, 2.24) is 9.38 Å². The van der Waals surface area contributed by atoms with Crippen LogP contribution in [0.1, 0.15) is 16.1 Å². The van der Waals surface area contributed by atoms with E-state index in [1.807, 2.05) is 31.1 Å². The van der Waals surface area contributed by atoms with Gasteiger partial charge in [-0.1, -0.05) is 6.07 Å². The van der Waals surface area contributed by atoms with E-state index < -0.39 is 11.9 Å². The standard InChI is InChI=1S/C23H20F3N5O/c1-30(2)18-12-6-15(7-13-18)22(32)28-17-10-8-16(9-11-17)27-20-4-3-5-21-29-19(14-31(20)21)23(24,25)26/h3-14,27H,1-2H3,(H,28,32). The zero-order valence-corrected chi connectivity index (χ0v) is 17.3. The largest absolute Gasteiger partial charge is 0.434 e. The van der Waals surface area contributed by atoms with Gasteiger partial charge in [0, 0.05) is 42.9 Å². The van der Waals surface area contributed by atoms with E-state index in [1.54, 1.807) is 48.5 Å². The van der Waals surface area contributed by atoms with Crippen molar-refractivity contribution in [3.05, 3.63) is 84.2 Å². The molecule has 0 saturated heterocycles. The molecule has 0 spiro atoms. The molecule has 0 saturated carbocycles. The molecule has 0 fully saturated rings. The van der Waals surface area contributed by atoms with Crippen LogP contribution in [-0.2, 0) is 6.18 Å². The van der Waals surface area contributed by atoms with Gasteiger partial charge in [0.15, 0.2) is 5.69 Å². The van der Waals surface area contributed by atoms with Crippen molar-refractivity contribution in [3.63, 3.8) is 0 Å². The van der Waals surface area contributed by atoms with Crippen molar-refractivity contribution in [2.75, 3.05) is 29.6 Å². The van der Waals surface area contributed by atoms with E-state index >= 15 is 0 Å². The summed E-state index contributed by atoms with van der Waals surface area (Å²) in [6.45, 7) is 0. The van der Waals surface area contributed by atoms with Crippen molar-refractivity contribution in [3.8, 4) is 0 Å². The Morgan fingerprint density at radius 1 is 0.938 bits per heavy atom. The molecule has 9 heteroatoms. The first kappa shape index (κ1) is 21.2. The molecule has 2 N–H and O–H groups in total. The minimum atomic E-state index is -4.52. The van der Waals surface area contributed by atoms with Crippen LogP contribution >= 0.6 is 0 Å². The lowest BCUT2D eigenvalue weighted by atomic mass is 10.2. The molecular formula is C23H20F3N5O. The van der Waals surface area contributed by atoms with E-state index in [0.29, 0.717) is 22.8 Å². The molecule has 6 nitrogen and oxygen atoms in total. The Kier molecular flexibility index (Phi) is 5.48. The number of amides is 1. The number of rotatable bonds is 5. The van der Waals surface area contributed by atoms with Crippen LogP contribution < -0.4 is 15.5 Å². The second-order valence-corrected chi connectivity index (χ2v) is 7.36. The Morgan fingerprint density at radius 2 is 1.59 bits per heavy atom. The van der Waals surface area contributed by atoms with Gasteiger partial charge in [-0.25, -0.2) is 4.98 Å². The number of benzene rings is 2. The van der Waals surface area contributed by atoms with Crippen LogP contribution in [0.15, 0.2) is 72.9 Å². The molecule has 0 radical (unpaired) electrons. The van der Waals surface area contributed by atoms with Gasteiger partial charge < -0.3 is 15.5 Å². The first-order chi connectivity index (χ1) is 15.2. The number of aromatic nitrogens is 2. The van der Waals surface area contributed by atoms with Crippen LogP contribution in [0.25, 0.3) is 5.65 Å². The quantitative estimate of drug-likeness (QED) is 0.436. The number of nitrogens with zero attached hydrogens (tertiary/aromatic N) is 3. The van der Waals surface area contributed by atoms with Crippen molar-refractivity contribution in [1.29, 1.82) is 0 Å². The highest BCUT2D eigenvalue weighted by atomic mass is 19.4. The molecule has 4 aromatic rings. The van der Waals surface area contributed by atoms with Gasteiger partial charge in [-0.2, -0.15) is 13.2 Å². The van der Waals surface area contributed by atoms with E-state index in [0.717, 1.165) is 11.9 Å². The Balaban J connectivity index is 1.47. The van der Waals surface area contributed by atoms with Crippen LogP contribution in [0, 0.1) is 0 Å². The van der Waals surface area contributed by atoms with E-state index in [9.17, 15) is 18.0 Å². The molecule has 0 atom stereocenters. The van der Waals surface area contributed by atoms with Gasteiger partial charge in [-0.3, -0.25) is 9.20 Å². The SMILES string of the molecule is CN(C)c1ccc(C(=O)Nc2ccc(Nc3cccc4nc(C(F)(F)F)cn34)cc2)cc1. The monoisotopic (exact) mass is 439 g/mol. The number of fused-ring (bicyclic) bond motifs is 1. The molecule has 0 aliphatic heterocycles. The molecule has 164 valence electrons. The number of alkyl halides is 3. The number of pyridine rings is 1. The van der Waals surface area contributed by atoms with Gasteiger partial charge in [-0.05, 0) is 60.7 Å². The van der Waals surface area contributed by atoms with Crippen molar-refractivity contribution in [2.24, 2.45) is 0 Å². The van der Waals surface area contributed by atoms with E-state index in [-0.39, 0.29) is 11.6 Å². The van der Waals surface area contributed by atoms with Gasteiger partial charge in [0.05, 0.1) is 0 Å². The molecule has 0 unspecified atom stereocenters. The number of imidazole rings is 1. The first-order valence-corrected chi connectivity index (χ1v) is 9.72. The molecular weight excluding hydrogens is 419 g/mol. The molecule has 4 rings (SSSR count). The van der Waals surface area contributed by atoms with Gasteiger partial charge >= 0.3 is 6.18 Å². The number of nitrogens with one attached hydrogen (secondary N) is 2. The molecule has 2 aromatic carbocycles. The summed E-state index contributed by atoms with van der Waals surface area (Å²) in [6.07, 6.45) is -3.57. The topological polar surface area (TPSA) is 61.7 Å².